The van der Waals surface area contributed by atoms with E-state index in [1.165, 1.54) is 5.57 Å². The molecule has 2 aliphatic heterocycles. The Balaban J connectivity index is 1.19. The van der Waals surface area contributed by atoms with Gasteiger partial charge in [-0.15, -0.1) is 0 Å². The van der Waals surface area contributed by atoms with Gasteiger partial charge >= 0.3 is 6.18 Å². The van der Waals surface area contributed by atoms with E-state index in [2.05, 4.69) is 18.3 Å². The molecule has 37 heavy (non-hydrogen) atoms. The van der Waals surface area contributed by atoms with Crippen molar-refractivity contribution < 1.29 is 27.5 Å². The first-order chi connectivity index (χ1) is 17.6. The molecular weight excluding hydrogens is 486 g/mol. The van der Waals surface area contributed by atoms with Crippen molar-refractivity contribution in [3.05, 3.63) is 46.8 Å². The number of allylic oxidation sites excluding steroid dienone is 1. The Labute approximate surface area is 216 Å². The molecular formula is C28H37F4N3O2. The summed E-state index contributed by atoms with van der Waals surface area (Å²) < 4.78 is 53.4. The maximum Gasteiger partial charge on any atom is 0.416 e. The number of hydrogen-bond donors (Lipinski definition) is 2. The molecule has 0 radical (unpaired) electrons. The molecule has 3 unspecified atom stereocenters. The Bertz CT molecular complexity index is 1020. The zero-order valence-corrected chi connectivity index (χ0v) is 21.4. The Morgan fingerprint density at radius 3 is 2.86 bits per heavy atom. The van der Waals surface area contributed by atoms with Gasteiger partial charge in [-0.3, -0.25) is 9.79 Å². The fourth-order valence-corrected chi connectivity index (χ4v) is 5.78. The third-order valence-electron chi connectivity index (χ3n) is 7.82. The second-order valence-electron chi connectivity index (χ2n) is 10.6. The van der Waals surface area contributed by atoms with E-state index in [1.807, 2.05) is 4.90 Å². The zero-order chi connectivity index (χ0) is 26.6. The normalized spacial score (nSPS) is 25.3. The lowest BCUT2D eigenvalue weighted by atomic mass is 9.81. The standard InChI is InChI=1S/C28H37F4N3O2/c1-2-3-22-7-4-18-14-19(5-9-26(18)34-22)27(37)33-12-10-23(36)17-35-13-11-20(16-35)24-15-21(28(30,31)32)6-8-25(24)29/h4,6,8,15,19-20,22-23,36H,2-3,5,7,9-14,16-17H2,1H3,(H,33,37)/t19?,20?,22?,23-/m1/s1. The number of carbonyl (C=O) groups excluding carboxylic acids is 1. The molecule has 1 aromatic rings. The third kappa shape index (κ3) is 7.19. The van der Waals surface area contributed by atoms with Crippen LogP contribution in [0.4, 0.5) is 17.6 Å². The third-order valence-corrected chi connectivity index (χ3v) is 7.82. The molecule has 2 N–H and O–H groups in total. The van der Waals surface area contributed by atoms with Gasteiger partial charge < -0.3 is 15.3 Å². The van der Waals surface area contributed by atoms with Crippen molar-refractivity contribution in [3.8, 4) is 0 Å². The molecule has 1 saturated heterocycles. The van der Waals surface area contributed by atoms with E-state index >= 15 is 0 Å². The van der Waals surface area contributed by atoms with Gasteiger partial charge in [0.1, 0.15) is 5.82 Å². The minimum atomic E-state index is -4.51. The van der Waals surface area contributed by atoms with Crippen molar-refractivity contribution in [2.45, 2.75) is 82.5 Å². The van der Waals surface area contributed by atoms with E-state index in [1.54, 1.807) is 0 Å². The maximum absolute atomic E-state index is 14.2. The number of alkyl halides is 3. The van der Waals surface area contributed by atoms with Crippen LogP contribution in [0, 0.1) is 11.7 Å². The number of nitrogens with one attached hydrogen (secondary N) is 1. The van der Waals surface area contributed by atoms with Crippen LogP contribution in [0.25, 0.3) is 0 Å². The fraction of sp³-hybridized carbons (Fsp3) is 0.643. The van der Waals surface area contributed by atoms with Gasteiger partial charge in [0.25, 0.3) is 0 Å². The van der Waals surface area contributed by atoms with Gasteiger partial charge in [0.15, 0.2) is 0 Å². The molecule has 9 heteroatoms. The highest BCUT2D eigenvalue weighted by atomic mass is 19.4. The summed E-state index contributed by atoms with van der Waals surface area (Å²) >= 11 is 0. The molecule has 2 fully saturated rings. The summed E-state index contributed by atoms with van der Waals surface area (Å²) in [6.45, 7) is 3.82. The molecule has 0 bridgehead atoms. The lowest BCUT2D eigenvalue weighted by Gasteiger charge is -2.29. The average Bonchev–Trinajstić information content (AvgIpc) is 3.31. The lowest BCUT2D eigenvalue weighted by Crippen LogP contribution is -2.38. The van der Waals surface area contributed by atoms with Crippen molar-refractivity contribution >= 4 is 11.6 Å². The summed E-state index contributed by atoms with van der Waals surface area (Å²) in [5, 5.41) is 13.4. The second-order valence-corrected chi connectivity index (χ2v) is 10.6. The van der Waals surface area contributed by atoms with Crippen LogP contribution in [0.1, 0.15) is 75.3 Å². The molecule has 0 aromatic heterocycles. The first kappa shape index (κ1) is 27.8. The first-order valence-electron chi connectivity index (χ1n) is 13.4. The first-order valence-corrected chi connectivity index (χ1v) is 13.4. The second kappa shape index (κ2) is 12.1. The van der Waals surface area contributed by atoms with Crippen LogP contribution >= 0.6 is 0 Å². The largest absolute Gasteiger partial charge is 0.416 e. The van der Waals surface area contributed by atoms with Gasteiger partial charge in [-0.2, -0.15) is 13.2 Å². The summed E-state index contributed by atoms with van der Waals surface area (Å²) in [6.07, 6.45) is 3.45. The summed E-state index contributed by atoms with van der Waals surface area (Å²) in [4.78, 5) is 19.5. The van der Waals surface area contributed by atoms with Crippen molar-refractivity contribution in [3.63, 3.8) is 0 Å². The highest BCUT2D eigenvalue weighted by Crippen LogP contribution is 2.35. The number of rotatable bonds is 9. The number of likely N-dealkylation sites (tertiary alicyclic amines) is 1. The minimum absolute atomic E-state index is 0.00379. The Kier molecular flexibility index (Phi) is 9.06. The van der Waals surface area contributed by atoms with Crippen LogP contribution in [0.15, 0.2) is 34.8 Å². The molecule has 1 aromatic carbocycles. The molecule has 2 heterocycles. The van der Waals surface area contributed by atoms with E-state index in [0.717, 1.165) is 56.0 Å². The molecule has 5 nitrogen and oxygen atoms in total. The van der Waals surface area contributed by atoms with Gasteiger partial charge in [0.05, 0.1) is 17.7 Å². The van der Waals surface area contributed by atoms with Crippen LogP contribution in [0.3, 0.4) is 0 Å². The number of aliphatic hydroxyl groups excluding tert-OH is 1. The van der Waals surface area contributed by atoms with Gasteiger partial charge in [0.2, 0.25) is 5.91 Å². The molecule has 1 aliphatic carbocycles. The summed E-state index contributed by atoms with van der Waals surface area (Å²) in [6, 6.07) is 2.93. The SMILES string of the molecule is CCCC1CC=C2CC(C(=O)NCC[C@@H](O)CN3CCC(c4cc(C(F)(F)F)ccc4F)C3)CCC2=N1. The van der Waals surface area contributed by atoms with Crippen LogP contribution in [0.2, 0.25) is 0 Å². The Morgan fingerprint density at radius 1 is 1.30 bits per heavy atom. The van der Waals surface area contributed by atoms with Crippen LogP contribution < -0.4 is 5.32 Å². The number of β-amino-alcohol motifs (C(OH)–C–C–N with tert-alkyl or cyclic N) is 1. The van der Waals surface area contributed by atoms with Gasteiger partial charge in [0, 0.05) is 37.2 Å². The van der Waals surface area contributed by atoms with Crippen molar-refractivity contribution in [1.29, 1.82) is 0 Å². The van der Waals surface area contributed by atoms with E-state index in [4.69, 9.17) is 4.99 Å². The quantitative estimate of drug-likeness (QED) is 0.435. The number of fused-ring (bicyclic) bond motifs is 1. The number of nitrogens with zero attached hydrogens (tertiary/aromatic N) is 2. The van der Waals surface area contributed by atoms with E-state index < -0.39 is 23.7 Å². The highest BCUT2D eigenvalue weighted by molar-refractivity contribution is 6.02. The number of halogens is 4. The monoisotopic (exact) mass is 523 g/mol. The van der Waals surface area contributed by atoms with Gasteiger partial charge in [-0.1, -0.05) is 19.4 Å². The number of aliphatic imine (C=N–C) groups is 1. The predicted molar refractivity (Wildman–Crippen MR) is 135 cm³/mol. The lowest BCUT2D eigenvalue weighted by molar-refractivity contribution is -0.137. The van der Waals surface area contributed by atoms with Crippen LogP contribution in [-0.4, -0.2) is 60.0 Å². The minimum Gasteiger partial charge on any atom is -0.392 e. The summed E-state index contributed by atoms with van der Waals surface area (Å²) in [5.74, 6) is -1.05. The highest BCUT2D eigenvalue weighted by Gasteiger charge is 2.34. The average molecular weight is 524 g/mol. The maximum atomic E-state index is 14.2. The number of benzene rings is 1. The number of dihydropyridines is 1. The van der Waals surface area contributed by atoms with Crippen molar-refractivity contribution in [2.75, 3.05) is 26.2 Å². The smallest absolute Gasteiger partial charge is 0.392 e. The van der Waals surface area contributed by atoms with Crippen LogP contribution in [-0.2, 0) is 11.0 Å². The van der Waals surface area contributed by atoms with Crippen molar-refractivity contribution in [1.82, 2.24) is 10.2 Å². The van der Waals surface area contributed by atoms with Crippen LogP contribution in [0.5, 0.6) is 0 Å². The number of amides is 1. The molecule has 3 aliphatic rings. The number of aliphatic hydroxyl groups is 1. The fourth-order valence-electron chi connectivity index (χ4n) is 5.78. The molecule has 0 spiro atoms. The van der Waals surface area contributed by atoms with E-state index in [-0.39, 0.29) is 23.3 Å². The number of carbonyl (C=O) groups is 1. The Hall–Kier alpha value is -2.26. The predicted octanol–water partition coefficient (Wildman–Crippen LogP) is 5.24. The Morgan fingerprint density at radius 2 is 2.11 bits per heavy atom. The molecule has 1 saturated carbocycles. The molecule has 204 valence electrons. The van der Waals surface area contributed by atoms with Gasteiger partial charge in [-0.25, -0.2) is 4.39 Å². The molecule has 1 amide bonds. The van der Waals surface area contributed by atoms with E-state index in [9.17, 15) is 27.5 Å². The number of hydrogen-bond acceptors (Lipinski definition) is 4. The van der Waals surface area contributed by atoms with Gasteiger partial charge in [-0.05, 0) is 80.8 Å². The topological polar surface area (TPSA) is 64.9 Å². The summed E-state index contributed by atoms with van der Waals surface area (Å²) in [5.41, 5.74) is 1.60. The molecule has 4 rings (SSSR count). The zero-order valence-electron chi connectivity index (χ0n) is 21.4. The van der Waals surface area contributed by atoms with Crippen molar-refractivity contribution in [2.24, 2.45) is 10.9 Å². The summed E-state index contributed by atoms with van der Waals surface area (Å²) in [7, 11) is 0. The van der Waals surface area contributed by atoms with E-state index in [0.29, 0.717) is 51.5 Å². The molecule has 4 atom stereocenters.